The monoisotopic (exact) mass is 332 g/mol. The highest BCUT2D eigenvalue weighted by molar-refractivity contribution is 6.05. The zero-order valence-corrected chi connectivity index (χ0v) is 11.7. The fourth-order valence-corrected chi connectivity index (χ4v) is 1.91. The average Bonchev–Trinajstić information content (AvgIpc) is 2.87. The van der Waals surface area contributed by atoms with E-state index in [9.17, 15) is 28.1 Å². The van der Waals surface area contributed by atoms with Crippen LogP contribution in [-0.2, 0) is 0 Å². The lowest BCUT2D eigenvalue weighted by Crippen LogP contribution is -2.41. The molecule has 0 saturated heterocycles. The third-order valence-corrected chi connectivity index (χ3v) is 3.13. The van der Waals surface area contributed by atoms with Crippen molar-refractivity contribution < 1.29 is 28.0 Å². The number of halogens is 3. The molecule has 0 saturated carbocycles. The normalized spacial score (nSPS) is 13.1. The molecule has 1 aromatic carbocycles. The number of non-ortho nitro benzene ring substituents is 1. The molecule has 0 bridgehead atoms. The highest BCUT2D eigenvalue weighted by Gasteiger charge is 2.39. The van der Waals surface area contributed by atoms with E-state index in [1.165, 1.54) is 12.1 Å². The smallest absolute Gasteiger partial charge is 0.382 e. The summed E-state index contributed by atoms with van der Waals surface area (Å²) in [4.78, 5) is 22.9. The second kappa shape index (κ2) is 5.83. The molecule has 0 radical (unpaired) electrons. The van der Waals surface area contributed by atoms with Crippen LogP contribution in [0.5, 0.6) is 0 Å². The summed E-state index contributed by atoms with van der Waals surface area (Å²) in [7, 11) is 1.06. The van der Waals surface area contributed by atoms with Crippen molar-refractivity contribution in [1.29, 1.82) is 0 Å². The number of nitrogens with one attached hydrogen (secondary N) is 1. The Morgan fingerprint density at radius 1 is 1.52 bits per heavy atom. The van der Waals surface area contributed by atoms with E-state index in [4.69, 9.17) is 5.11 Å². The Hall–Kier alpha value is -2.69. The quantitative estimate of drug-likeness (QED) is 0.650. The van der Waals surface area contributed by atoms with Crippen molar-refractivity contribution in [3.8, 4) is 0 Å². The number of likely N-dealkylation sites (N-methyl/N-ethyl adjacent to an activating group) is 1. The van der Waals surface area contributed by atoms with Crippen molar-refractivity contribution in [2.75, 3.05) is 13.6 Å². The fraction of sp³-hybridized carbons (Fsp3) is 0.333. The van der Waals surface area contributed by atoms with Crippen LogP contribution in [-0.4, -0.2) is 56.9 Å². The maximum absolute atomic E-state index is 12.3. The van der Waals surface area contributed by atoms with Gasteiger partial charge in [0.2, 0.25) is 0 Å². The number of aromatic amines is 1. The second-order valence-corrected chi connectivity index (χ2v) is 4.80. The molecule has 2 aromatic rings. The van der Waals surface area contributed by atoms with Crippen LogP contribution in [0.25, 0.3) is 10.9 Å². The molecule has 0 fully saturated rings. The second-order valence-electron chi connectivity index (χ2n) is 4.80. The lowest BCUT2D eigenvalue weighted by Gasteiger charge is -2.21. The van der Waals surface area contributed by atoms with Gasteiger partial charge in [-0.25, -0.2) is 0 Å². The number of hydrogen-bond donors (Lipinski definition) is 2. The molecular weight excluding hydrogens is 321 g/mol. The first-order chi connectivity index (χ1) is 10.6. The summed E-state index contributed by atoms with van der Waals surface area (Å²) in [6.07, 6.45) is -7.56. The van der Waals surface area contributed by atoms with Crippen LogP contribution in [0.15, 0.2) is 18.2 Å². The molecule has 1 aromatic heterocycles. The maximum atomic E-state index is 12.3. The first-order valence-electron chi connectivity index (χ1n) is 6.24. The van der Waals surface area contributed by atoms with Gasteiger partial charge in [0.1, 0.15) is 0 Å². The molecule has 0 spiro atoms. The number of fused-ring (bicyclic) bond motifs is 1. The van der Waals surface area contributed by atoms with Gasteiger partial charge in [-0.3, -0.25) is 20.0 Å². The van der Waals surface area contributed by atoms with E-state index in [0.717, 1.165) is 13.1 Å². The first kappa shape index (κ1) is 16.7. The molecule has 1 heterocycles. The number of benzene rings is 1. The van der Waals surface area contributed by atoms with E-state index >= 15 is 0 Å². The number of nitro benzene ring substituents is 1. The number of nitrogens with zero attached hydrogens (tertiary/aromatic N) is 3. The highest BCUT2D eigenvalue weighted by atomic mass is 19.4. The molecule has 0 aliphatic carbocycles. The molecule has 2 rings (SSSR count). The number of nitro groups is 1. The lowest BCUT2D eigenvalue weighted by molar-refractivity contribution is -0.384. The maximum Gasteiger partial charge on any atom is 0.416 e. The Kier molecular flexibility index (Phi) is 4.23. The number of aliphatic hydroxyl groups excluding tert-OH is 1. The molecule has 1 atom stereocenters. The Morgan fingerprint density at radius 2 is 2.17 bits per heavy atom. The van der Waals surface area contributed by atoms with E-state index in [2.05, 4.69) is 10.2 Å². The molecule has 0 aliphatic heterocycles. The van der Waals surface area contributed by atoms with E-state index in [0.29, 0.717) is 10.4 Å². The molecule has 11 heteroatoms. The summed E-state index contributed by atoms with van der Waals surface area (Å²) >= 11 is 0. The highest BCUT2D eigenvalue weighted by Crippen LogP contribution is 2.24. The van der Waals surface area contributed by atoms with Gasteiger partial charge in [0, 0.05) is 24.6 Å². The topological polar surface area (TPSA) is 112 Å². The van der Waals surface area contributed by atoms with Gasteiger partial charge in [0.15, 0.2) is 11.8 Å². The number of carbonyl (C=O) groups is 1. The summed E-state index contributed by atoms with van der Waals surface area (Å²) in [6.45, 7) is -0.981. The number of H-pyrrole nitrogens is 1. The van der Waals surface area contributed by atoms with Crippen LogP contribution in [0.4, 0.5) is 18.9 Å². The van der Waals surface area contributed by atoms with Gasteiger partial charge < -0.3 is 10.0 Å². The zero-order chi connectivity index (χ0) is 17.4. The van der Waals surface area contributed by atoms with Crippen molar-refractivity contribution in [3.05, 3.63) is 34.0 Å². The van der Waals surface area contributed by atoms with Crippen molar-refractivity contribution >= 4 is 22.5 Å². The average molecular weight is 332 g/mol. The van der Waals surface area contributed by atoms with Crippen LogP contribution >= 0.6 is 0 Å². The van der Waals surface area contributed by atoms with Gasteiger partial charge in [0.05, 0.1) is 17.0 Å². The SMILES string of the molecule is CN(CC(O)C(F)(F)F)C(=O)c1n[nH]c2ccc([N+](=O)[O-])cc12. The Morgan fingerprint density at radius 3 is 2.74 bits per heavy atom. The minimum absolute atomic E-state index is 0.109. The summed E-state index contributed by atoms with van der Waals surface area (Å²) in [5.41, 5.74) is -0.227. The van der Waals surface area contributed by atoms with Crippen LogP contribution < -0.4 is 0 Å². The van der Waals surface area contributed by atoms with E-state index in [1.807, 2.05) is 0 Å². The van der Waals surface area contributed by atoms with Gasteiger partial charge in [-0.1, -0.05) is 0 Å². The van der Waals surface area contributed by atoms with Crippen LogP contribution in [0.2, 0.25) is 0 Å². The standard InChI is InChI=1S/C12H11F3N4O4/c1-18(5-9(20)12(13,14)15)11(21)10-7-4-6(19(22)23)2-3-8(7)16-17-10/h2-4,9,20H,5H2,1H3,(H,16,17). The van der Waals surface area contributed by atoms with Gasteiger partial charge in [-0.15, -0.1) is 0 Å². The summed E-state index contributed by atoms with van der Waals surface area (Å²) in [5.74, 6) is -0.903. The number of hydrogen-bond acceptors (Lipinski definition) is 5. The molecule has 0 aliphatic rings. The van der Waals surface area contributed by atoms with E-state index in [-0.39, 0.29) is 16.8 Å². The molecule has 23 heavy (non-hydrogen) atoms. The Balaban J connectivity index is 2.30. The largest absolute Gasteiger partial charge is 0.416 e. The molecule has 2 N–H and O–H groups in total. The van der Waals surface area contributed by atoms with Crippen molar-refractivity contribution in [3.63, 3.8) is 0 Å². The van der Waals surface area contributed by atoms with Crippen molar-refractivity contribution in [1.82, 2.24) is 15.1 Å². The van der Waals surface area contributed by atoms with Crippen molar-refractivity contribution in [2.24, 2.45) is 0 Å². The van der Waals surface area contributed by atoms with Gasteiger partial charge in [-0.2, -0.15) is 18.3 Å². The van der Waals surface area contributed by atoms with E-state index < -0.39 is 29.7 Å². The molecule has 1 unspecified atom stereocenters. The predicted octanol–water partition coefficient (Wildman–Crippen LogP) is 1.47. The number of carbonyl (C=O) groups excluding carboxylic acids is 1. The number of rotatable bonds is 4. The van der Waals surface area contributed by atoms with Gasteiger partial charge in [-0.05, 0) is 6.07 Å². The van der Waals surface area contributed by atoms with Crippen LogP contribution in [0.1, 0.15) is 10.5 Å². The number of aromatic nitrogens is 2. The summed E-state index contributed by atoms with van der Waals surface area (Å²) in [5, 5.41) is 26.0. The minimum atomic E-state index is -4.86. The number of alkyl halides is 3. The number of aliphatic hydroxyl groups is 1. The van der Waals surface area contributed by atoms with Gasteiger partial charge >= 0.3 is 6.18 Å². The molecule has 1 amide bonds. The van der Waals surface area contributed by atoms with Crippen LogP contribution in [0, 0.1) is 10.1 Å². The third kappa shape index (κ3) is 3.39. The molecular formula is C12H11F3N4O4. The Labute approximate surface area is 126 Å². The third-order valence-electron chi connectivity index (χ3n) is 3.13. The predicted molar refractivity (Wildman–Crippen MR) is 71.8 cm³/mol. The summed E-state index contributed by atoms with van der Waals surface area (Å²) < 4.78 is 37.0. The van der Waals surface area contributed by atoms with Crippen molar-refractivity contribution in [2.45, 2.75) is 12.3 Å². The minimum Gasteiger partial charge on any atom is -0.382 e. The fourth-order valence-electron chi connectivity index (χ4n) is 1.91. The molecule has 8 nitrogen and oxygen atoms in total. The number of amides is 1. The lowest BCUT2D eigenvalue weighted by atomic mass is 10.1. The Bertz CT molecular complexity index is 758. The van der Waals surface area contributed by atoms with Gasteiger partial charge in [0.25, 0.3) is 11.6 Å². The first-order valence-corrected chi connectivity index (χ1v) is 6.24. The zero-order valence-electron chi connectivity index (χ0n) is 11.7. The van der Waals surface area contributed by atoms with Crippen LogP contribution in [0.3, 0.4) is 0 Å². The summed E-state index contributed by atoms with van der Waals surface area (Å²) in [6, 6.07) is 3.63. The molecule has 124 valence electrons. The van der Waals surface area contributed by atoms with E-state index in [1.54, 1.807) is 0 Å².